The molecule has 0 spiro atoms. The molecule has 0 bridgehead atoms. The number of imidazole rings is 1. The number of benzene rings is 5. The van der Waals surface area contributed by atoms with Crippen molar-refractivity contribution in [1.29, 1.82) is 0 Å². The lowest BCUT2D eigenvalue weighted by Gasteiger charge is -2.23. The zero-order chi connectivity index (χ0) is 40.9. The molecular formula is C40H36N4O2. The van der Waals surface area contributed by atoms with Crippen molar-refractivity contribution in [2.45, 2.75) is 39.3 Å². The molecule has 46 heavy (non-hydrogen) atoms. The van der Waals surface area contributed by atoms with Gasteiger partial charge in [0.15, 0.2) is 5.58 Å². The first-order chi connectivity index (χ1) is 26.8. The number of anilines is 2. The van der Waals surface area contributed by atoms with Gasteiger partial charge in [-0.1, -0.05) is 94.2 Å². The van der Waals surface area contributed by atoms with Gasteiger partial charge in [-0.25, -0.2) is 4.98 Å². The normalized spacial score (nSPS) is 19.3. The van der Waals surface area contributed by atoms with E-state index in [1.165, 1.54) is 28.8 Å². The maximum Gasteiger partial charge on any atom is 0.159 e. The first kappa shape index (κ1) is 18.5. The van der Waals surface area contributed by atoms with Gasteiger partial charge in [-0.2, -0.15) is 0 Å². The molecule has 0 saturated heterocycles. The Kier molecular flexibility index (Phi) is 4.35. The molecular weight excluding hydrogens is 568 g/mol. The predicted octanol–water partition coefficient (Wildman–Crippen LogP) is 10.3. The molecule has 8 rings (SSSR count). The molecule has 5 aromatic carbocycles. The molecule has 7 aromatic rings. The summed E-state index contributed by atoms with van der Waals surface area (Å²) < 4.78 is 102. The minimum absolute atomic E-state index is 0.00361. The first-order valence-electron chi connectivity index (χ1n) is 20.3. The summed E-state index contributed by atoms with van der Waals surface area (Å²) in [5, 5.41) is 13.2. The molecule has 3 heterocycles. The Morgan fingerprint density at radius 1 is 0.761 bits per heavy atom. The van der Waals surface area contributed by atoms with Crippen molar-refractivity contribution in [2.75, 3.05) is 16.5 Å². The number of para-hydroxylation sites is 5. The van der Waals surface area contributed by atoms with Crippen LogP contribution in [0.2, 0.25) is 0 Å². The summed E-state index contributed by atoms with van der Waals surface area (Å²) in [4.78, 5) is 8.94. The molecule has 0 aliphatic carbocycles. The Morgan fingerprint density at radius 2 is 1.43 bits per heavy atom. The van der Waals surface area contributed by atoms with Gasteiger partial charge in [-0.15, -0.1) is 0 Å². The monoisotopic (exact) mass is 615 g/mol. The van der Waals surface area contributed by atoms with Crippen LogP contribution in [0.3, 0.4) is 0 Å². The third-order valence-electron chi connectivity index (χ3n) is 8.48. The Morgan fingerprint density at radius 3 is 2.26 bits per heavy atom. The Labute approximate surface area is 283 Å². The molecule has 228 valence electrons. The predicted molar refractivity (Wildman–Crippen MR) is 189 cm³/mol. The second-order valence-corrected chi connectivity index (χ2v) is 11.3. The zero-order valence-corrected chi connectivity index (χ0v) is 24.8. The van der Waals surface area contributed by atoms with Crippen LogP contribution < -0.4 is 9.80 Å². The second-order valence-electron chi connectivity index (χ2n) is 11.3. The van der Waals surface area contributed by atoms with Crippen LogP contribution in [0.15, 0.2) is 120 Å². The summed E-state index contributed by atoms with van der Waals surface area (Å²) >= 11 is 0. The molecule has 0 saturated carbocycles. The van der Waals surface area contributed by atoms with Crippen LogP contribution in [0.4, 0.5) is 11.4 Å². The number of hydrogen-bond acceptors (Lipinski definition) is 5. The summed E-state index contributed by atoms with van der Waals surface area (Å²) in [7, 11) is 0. The first-order valence-corrected chi connectivity index (χ1v) is 14.8. The van der Waals surface area contributed by atoms with Crippen molar-refractivity contribution in [3.8, 4) is 22.8 Å². The number of furan rings is 1. The lowest BCUT2D eigenvalue weighted by Crippen LogP contribution is -2.24. The molecule has 1 unspecified atom stereocenters. The van der Waals surface area contributed by atoms with Gasteiger partial charge in [0.05, 0.1) is 34.8 Å². The SMILES string of the molecule is [2H]C([2H])([2H])C([2H])(C)c1cccc(C([2H])(C([2H])([2H])[2H])C([2H])([2H])[2H])c1-n1c(-c2ccccc2O)nc2c(N3C=CN(c4cccc5c4oc4ccccc45)C3)cccc21. The van der Waals surface area contributed by atoms with Gasteiger partial charge in [0.2, 0.25) is 0 Å². The molecule has 0 amide bonds. The maximum absolute atomic E-state index is 11.3. The highest BCUT2D eigenvalue weighted by Crippen LogP contribution is 2.42. The van der Waals surface area contributed by atoms with Crippen LogP contribution in [0.25, 0.3) is 50.0 Å². The number of phenols is 1. The highest BCUT2D eigenvalue weighted by molar-refractivity contribution is 6.09. The van der Waals surface area contributed by atoms with Crippen molar-refractivity contribution < 1.29 is 24.6 Å². The van der Waals surface area contributed by atoms with E-state index in [0.717, 1.165) is 29.0 Å². The minimum Gasteiger partial charge on any atom is -0.507 e. The number of phenolic OH excluding ortho intramolecular Hbond substituents is 1. The number of fused-ring (bicyclic) bond motifs is 4. The van der Waals surface area contributed by atoms with Crippen molar-refractivity contribution in [3.05, 3.63) is 127 Å². The van der Waals surface area contributed by atoms with Gasteiger partial charge >= 0.3 is 0 Å². The summed E-state index contributed by atoms with van der Waals surface area (Å²) in [6.45, 7) is -8.50. The lowest BCUT2D eigenvalue weighted by atomic mass is 9.92. The molecule has 0 fully saturated rings. The van der Waals surface area contributed by atoms with Crippen LogP contribution in [0.1, 0.15) is 65.5 Å². The van der Waals surface area contributed by atoms with Crippen LogP contribution in [0, 0.1) is 0 Å². The second kappa shape index (κ2) is 10.8. The molecule has 0 radical (unpaired) electrons. The van der Waals surface area contributed by atoms with E-state index in [-0.39, 0.29) is 33.9 Å². The summed E-state index contributed by atoms with van der Waals surface area (Å²) in [5.41, 5.74) is 2.43. The fraction of sp³-hybridized carbons (Fsp3) is 0.175. The van der Waals surface area contributed by atoms with Gasteiger partial charge in [0, 0.05) is 38.3 Å². The van der Waals surface area contributed by atoms with Crippen LogP contribution >= 0.6 is 0 Å². The van der Waals surface area contributed by atoms with Gasteiger partial charge in [-0.3, -0.25) is 4.57 Å². The average Bonchev–Trinajstić information content (AvgIpc) is 3.89. The third-order valence-corrected chi connectivity index (χ3v) is 8.48. The zero-order valence-electron chi connectivity index (χ0n) is 35.8. The van der Waals surface area contributed by atoms with E-state index < -0.39 is 37.9 Å². The van der Waals surface area contributed by atoms with E-state index in [1.807, 2.05) is 70.7 Å². The Bertz CT molecular complexity index is 2710. The molecule has 1 N–H and O–H groups in total. The summed E-state index contributed by atoms with van der Waals surface area (Å²) in [6, 6.07) is 28.8. The lowest BCUT2D eigenvalue weighted by molar-refractivity contribution is 0.477. The highest BCUT2D eigenvalue weighted by atomic mass is 16.3. The number of hydrogen-bond donors (Lipinski definition) is 1. The topological polar surface area (TPSA) is 57.7 Å². The van der Waals surface area contributed by atoms with Crippen molar-refractivity contribution in [1.82, 2.24) is 9.55 Å². The minimum atomic E-state index is -3.47. The highest BCUT2D eigenvalue weighted by Gasteiger charge is 2.27. The number of aromatic hydroxyl groups is 1. The fourth-order valence-corrected chi connectivity index (χ4v) is 6.37. The molecule has 2 aromatic heterocycles. The molecule has 1 atom stereocenters. The standard InChI is InChI=1S/C40H36N4O2/c1-25(2)27-14-9-15-28(26(3)4)38(27)44-33-18-11-17-32(37(33)41-40(44)31-13-5-7-20-35(31)45)42-22-23-43(24-42)34-19-10-16-30-29-12-6-8-21-36(29)46-39(30)34/h5-23,25-26,45H,24H2,1-4H3/i1D3,2D3,3D3,25D,26D. The summed E-state index contributed by atoms with van der Waals surface area (Å²) in [5.74, 6) is -6.00. The van der Waals surface area contributed by atoms with Crippen molar-refractivity contribution in [2.24, 2.45) is 0 Å². The molecule has 6 nitrogen and oxygen atoms in total. The van der Waals surface area contributed by atoms with E-state index in [4.69, 9.17) is 21.7 Å². The molecule has 1 aliphatic rings. The molecule has 1 aliphatic heterocycles. The van der Waals surface area contributed by atoms with Crippen LogP contribution in [-0.4, -0.2) is 21.3 Å². The maximum atomic E-state index is 11.3. The molecule has 6 heteroatoms. The van der Waals surface area contributed by atoms with E-state index in [9.17, 15) is 7.85 Å². The fourth-order valence-electron chi connectivity index (χ4n) is 6.37. The Hall–Kier alpha value is -5.49. The Balaban J connectivity index is 1.39. The smallest absolute Gasteiger partial charge is 0.159 e. The van der Waals surface area contributed by atoms with Crippen LogP contribution in [0.5, 0.6) is 5.75 Å². The van der Waals surface area contributed by atoms with E-state index in [2.05, 4.69) is 0 Å². The van der Waals surface area contributed by atoms with E-state index >= 15 is 0 Å². The van der Waals surface area contributed by atoms with Crippen molar-refractivity contribution in [3.63, 3.8) is 0 Å². The van der Waals surface area contributed by atoms with Gasteiger partial charge in [-0.05, 0) is 59.3 Å². The number of nitrogens with zero attached hydrogens (tertiary/aromatic N) is 4. The number of rotatable bonds is 6. The quantitative estimate of drug-likeness (QED) is 0.202. The third kappa shape index (κ3) is 4.36. The van der Waals surface area contributed by atoms with E-state index in [1.54, 1.807) is 30.3 Å². The van der Waals surface area contributed by atoms with Gasteiger partial charge in [0.1, 0.15) is 22.7 Å². The van der Waals surface area contributed by atoms with Gasteiger partial charge in [0.25, 0.3) is 0 Å². The van der Waals surface area contributed by atoms with Crippen molar-refractivity contribution >= 4 is 44.3 Å². The summed E-state index contributed by atoms with van der Waals surface area (Å²) in [6.07, 6.45) is 3.74. The average molecular weight is 616 g/mol. The van der Waals surface area contributed by atoms with Gasteiger partial charge < -0.3 is 19.3 Å². The van der Waals surface area contributed by atoms with Crippen LogP contribution in [-0.2, 0) is 0 Å². The van der Waals surface area contributed by atoms with E-state index in [0.29, 0.717) is 23.5 Å². The number of aromatic nitrogens is 2. The largest absolute Gasteiger partial charge is 0.507 e.